The molecule has 3 heteroatoms. The molecule has 0 radical (unpaired) electrons. The predicted octanol–water partition coefficient (Wildman–Crippen LogP) is 1.45. The van der Waals surface area contributed by atoms with E-state index in [4.69, 9.17) is 0 Å². The van der Waals surface area contributed by atoms with E-state index < -0.39 is 0 Å². The maximum absolute atomic E-state index is 4.51. The first-order valence-electron chi connectivity index (χ1n) is 5.72. The standard InChI is InChI=1S/C11H21N3/c1-8-7-12-11(13-8)14(3)9(2)10-5-4-6-10/h8-10H,4-7H2,1-3H3,(H,12,13). The molecule has 2 rings (SSSR count). The first-order valence-corrected chi connectivity index (χ1v) is 5.72. The summed E-state index contributed by atoms with van der Waals surface area (Å²) in [5.41, 5.74) is 0. The second-order valence-electron chi connectivity index (χ2n) is 4.75. The van der Waals surface area contributed by atoms with Crippen molar-refractivity contribution in [1.82, 2.24) is 10.2 Å². The maximum atomic E-state index is 4.51. The van der Waals surface area contributed by atoms with Gasteiger partial charge in [0.1, 0.15) is 0 Å². The van der Waals surface area contributed by atoms with Crippen molar-refractivity contribution in [3.63, 3.8) is 0 Å². The molecule has 80 valence electrons. The molecule has 0 spiro atoms. The Bertz CT molecular complexity index is 233. The zero-order chi connectivity index (χ0) is 10.1. The molecule has 1 heterocycles. The van der Waals surface area contributed by atoms with Crippen molar-refractivity contribution in [2.24, 2.45) is 10.9 Å². The van der Waals surface area contributed by atoms with Crippen LogP contribution in [0.15, 0.2) is 4.99 Å². The number of hydrogen-bond acceptors (Lipinski definition) is 3. The van der Waals surface area contributed by atoms with E-state index in [9.17, 15) is 0 Å². The minimum Gasteiger partial charge on any atom is -0.352 e. The maximum Gasteiger partial charge on any atom is 0.194 e. The highest BCUT2D eigenvalue weighted by molar-refractivity contribution is 5.81. The van der Waals surface area contributed by atoms with Crippen LogP contribution in [0.5, 0.6) is 0 Å². The van der Waals surface area contributed by atoms with Gasteiger partial charge in [0.15, 0.2) is 5.96 Å². The molecule has 2 unspecified atom stereocenters. The van der Waals surface area contributed by atoms with E-state index in [0.717, 1.165) is 18.4 Å². The van der Waals surface area contributed by atoms with Crippen molar-refractivity contribution in [3.8, 4) is 0 Å². The van der Waals surface area contributed by atoms with Gasteiger partial charge in [0.05, 0.1) is 6.54 Å². The first-order chi connectivity index (χ1) is 6.68. The SMILES string of the molecule is CC1CN=C(N(C)C(C)C2CCC2)N1. The Morgan fingerprint density at radius 3 is 2.64 bits per heavy atom. The quantitative estimate of drug-likeness (QED) is 0.722. The highest BCUT2D eigenvalue weighted by Gasteiger charge is 2.29. The summed E-state index contributed by atoms with van der Waals surface area (Å²) in [4.78, 5) is 6.82. The lowest BCUT2D eigenvalue weighted by molar-refractivity contribution is 0.183. The van der Waals surface area contributed by atoms with Crippen molar-refractivity contribution < 1.29 is 0 Å². The van der Waals surface area contributed by atoms with E-state index in [1.165, 1.54) is 19.3 Å². The van der Waals surface area contributed by atoms with Gasteiger partial charge in [0.2, 0.25) is 0 Å². The Morgan fingerprint density at radius 2 is 2.21 bits per heavy atom. The summed E-state index contributed by atoms with van der Waals surface area (Å²) in [6.45, 7) is 5.42. The number of hydrogen-bond donors (Lipinski definition) is 1. The molecule has 1 aliphatic carbocycles. The van der Waals surface area contributed by atoms with E-state index in [2.05, 4.69) is 36.1 Å². The van der Waals surface area contributed by atoms with Gasteiger partial charge in [-0.25, -0.2) is 0 Å². The van der Waals surface area contributed by atoms with Crippen LogP contribution < -0.4 is 5.32 Å². The number of guanidine groups is 1. The molecule has 0 aromatic heterocycles. The molecule has 1 aliphatic heterocycles. The summed E-state index contributed by atoms with van der Waals surface area (Å²) < 4.78 is 0. The third-order valence-electron chi connectivity index (χ3n) is 3.67. The van der Waals surface area contributed by atoms with E-state index in [0.29, 0.717) is 12.1 Å². The van der Waals surface area contributed by atoms with Gasteiger partial charge in [-0.2, -0.15) is 0 Å². The van der Waals surface area contributed by atoms with Crippen molar-refractivity contribution >= 4 is 5.96 Å². The minimum absolute atomic E-state index is 0.515. The van der Waals surface area contributed by atoms with Crippen LogP contribution in [0.1, 0.15) is 33.1 Å². The van der Waals surface area contributed by atoms with Crippen LogP contribution in [0.3, 0.4) is 0 Å². The number of nitrogens with one attached hydrogen (secondary N) is 1. The molecule has 3 nitrogen and oxygen atoms in total. The zero-order valence-corrected chi connectivity index (χ0v) is 9.45. The molecule has 1 saturated carbocycles. The van der Waals surface area contributed by atoms with Gasteiger partial charge >= 0.3 is 0 Å². The zero-order valence-electron chi connectivity index (χ0n) is 9.45. The Labute approximate surface area is 86.6 Å². The molecule has 0 aromatic carbocycles. The summed E-state index contributed by atoms with van der Waals surface area (Å²) in [5, 5.41) is 3.41. The first kappa shape index (κ1) is 9.81. The monoisotopic (exact) mass is 195 g/mol. The lowest BCUT2D eigenvalue weighted by Gasteiger charge is -2.38. The Kier molecular flexibility index (Phi) is 2.66. The minimum atomic E-state index is 0.515. The second kappa shape index (κ2) is 3.79. The van der Waals surface area contributed by atoms with E-state index >= 15 is 0 Å². The van der Waals surface area contributed by atoms with Gasteiger partial charge < -0.3 is 10.2 Å². The van der Waals surface area contributed by atoms with Crippen LogP contribution in [-0.2, 0) is 0 Å². The van der Waals surface area contributed by atoms with Crippen molar-refractivity contribution in [2.45, 2.75) is 45.2 Å². The topological polar surface area (TPSA) is 27.6 Å². The highest BCUT2D eigenvalue weighted by atomic mass is 15.3. The van der Waals surface area contributed by atoms with Crippen LogP contribution in [0.2, 0.25) is 0 Å². The van der Waals surface area contributed by atoms with Gasteiger partial charge in [-0.1, -0.05) is 6.42 Å². The Morgan fingerprint density at radius 1 is 1.50 bits per heavy atom. The van der Waals surface area contributed by atoms with E-state index in [-0.39, 0.29) is 0 Å². The molecule has 1 fully saturated rings. The van der Waals surface area contributed by atoms with Crippen molar-refractivity contribution in [3.05, 3.63) is 0 Å². The average Bonchev–Trinajstić information content (AvgIpc) is 2.47. The molecule has 14 heavy (non-hydrogen) atoms. The second-order valence-corrected chi connectivity index (χ2v) is 4.75. The Hall–Kier alpha value is -0.730. The smallest absolute Gasteiger partial charge is 0.194 e. The third-order valence-corrected chi connectivity index (χ3v) is 3.67. The molecule has 0 aromatic rings. The molecule has 2 atom stereocenters. The molecule has 0 amide bonds. The lowest BCUT2D eigenvalue weighted by atomic mass is 9.80. The van der Waals surface area contributed by atoms with Crippen molar-refractivity contribution in [2.75, 3.05) is 13.6 Å². The largest absolute Gasteiger partial charge is 0.352 e. The fourth-order valence-corrected chi connectivity index (χ4v) is 2.18. The van der Waals surface area contributed by atoms with Crippen molar-refractivity contribution in [1.29, 1.82) is 0 Å². The lowest BCUT2D eigenvalue weighted by Crippen LogP contribution is -2.47. The summed E-state index contributed by atoms with van der Waals surface area (Å²) in [7, 11) is 2.16. The van der Waals surface area contributed by atoms with Gasteiger partial charge in [-0.15, -0.1) is 0 Å². The summed E-state index contributed by atoms with van der Waals surface area (Å²) in [6.07, 6.45) is 4.21. The molecule has 2 aliphatic rings. The van der Waals surface area contributed by atoms with E-state index in [1.807, 2.05) is 0 Å². The van der Waals surface area contributed by atoms with Gasteiger partial charge in [-0.3, -0.25) is 4.99 Å². The normalized spacial score (nSPS) is 29.1. The fourth-order valence-electron chi connectivity index (χ4n) is 2.18. The van der Waals surface area contributed by atoms with Gasteiger partial charge in [0, 0.05) is 19.1 Å². The molecule has 1 N–H and O–H groups in total. The van der Waals surface area contributed by atoms with Crippen LogP contribution in [0, 0.1) is 5.92 Å². The van der Waals surface area contributed by atoms with Crippen LogP contribution in [0.25, 0.3) is 0 Å². The molecular formula is C11H21N3. The average molecular weight is 195 g/mol. The molecule has 0 saturated heterocycles. The Balaban J connectivity index is 1.90. The van der Waals surface area contributed by atoms with E-state index in [1.54, 1.807) is 0 Å². The molecule has 0 bridgehead atoms. The third kappa shape index (κ3) is 1.72. The number of aliphatic imine (C=N–C) groups is 1. The number of rotatable bonds is 2. The van der Waals surface area contributed by atoms with Gasteiger partial charge in [0.25, 0.3) is 0 Å². The predicted molar refractivity (Wildman–Crippen MR) is 59.5 cm³/mol. The number of nitrogens with zero attached hydrogens (tertiary/aromatic N) is 2. The summed E-state index contributed by atoms with van der Waals surface area (Å²) in [6, 6.07) is 1.15. The van der Waals surface area contributed by atoms with Crippen LogP contribution >= 0.6 is 0 Å². The van der Waals surface area contributed by atoms with Crippen LogP contribution in [0.4, 0.5) is 0 Å². The summed E-state index contributed by atoms with van der Waals surface area (Å²) in [5.74, 6) is 1.98. The fraction of sp³-hybridized carbons (Fsp3) is 0.909. The molecular weight excluding hydrogens is 174 g/mol. The van der Waals surface area contributed by atoms with Crippen LogP contribution in [-0.4, -0.2) is 36.5 Å². The van der Waals surface area contributed by atoms with Gasteiger partial charge in [-0.05, 0) is 32.6 Å². The summed E-state index contributed by atoms with van der Waals surface area (Å²) >= 11 is 0. The highest BCUT2D eigenvalue weighted by Crippen LogP contribution is 2.31.